The number of aromatic nitrogens is 1. The summed E-state index contributed by atoms with van der Waals surface area (Å²) in [5, 5.41) is 10.2. The van der Waals surface area contributed by atoms with E-state index in [9.17, 15) is 14.7 Å². The quantitative estimate of drug-likeness (QED) is 0.528. The summed E-state index contributed by atoms with van der Waals surface area (Å²) < 4.78 is 5.17. The van der Waals surface area contributed by atoms with Crippen LogP contribution in [-0.2, 0) is 21.4 Å². The fourth-order valence-electron chi connectivity index (χ4n) is 4.21. The van der Waals surface area contributed by atoms with Gasteiger partial charge in [-0.1, -0.05) is 51.4 Å². The monoisotopic (exact) mass is 484 g/mol. The molecule has 1 N–H and O–H groups in total. The van der Waals surface area contributed by atoms with Crippen molar-refractivity contribution in [3.8, 4) is 0 Å². The van der Waals surface area contributed by atoms with Crippen molar-refractivity contribution in [3.05, 3.63) is 70.1 Å². The van der Waals surface area contributed by atoms with E-state index >= 15 is 0 Å². The largest absolute Gasteiger partial charge is 0.478 e. The summed E-state index contributed by atoms with van der Waals surface area (Å²) >= 11 is 6.71. The highest BCUT2D eigenvalue weighted by atomic mass is 35.5. The minimum Gasteiger partial charge on any atom is -0.478 e. The Morgan fingerprint density at radius 3 is 2.62 bits per heavy atom. The molecule has 0 fully saturated rings. The Morgan fingerprint density at radius 2 is 2.00 bits per heavy atom. The third kappa shape index (κ3) is 5.86. The molecule has 2 heterocycles. The summed E-state index contributed by atoms with van der Waals surface area (Å²) in [6, 6.07) is 7.62. The number of carboxylic acid groups (broad SMARTS) is 1. The molecule has 0 saturated carbocycles. The van der Waals surface area contributed by atoms with Crippen LogP contribution >= 0.6 is 11.6 Å². The maximum absolute atomic E-state index is 13.1. The van der Waals surface area contributed by atoms with Crippen molar-refractivity contribution in [1.82, 2.24) is 9.88 Å². The molecule has 2 aromatic rings. The summed E-state index contributed by atoms with van der Waals surface area (Å²) in [5.41, 5.74) is 3.05. The number of aromatic carboxylic acids is 1. The third-order valence-electron chi connectivity index (χ3n) is 6.37. The van der Waals surface area contributed by atoms with Crippen molar-refractivity contribution in [2.45, 2.75) is 52.4 Å². The topological polar surface area (TPSA) is 79.7 Å². The molecule has 6 nitrogen and oxygen atoms in total. The zero-order valence-corrected chi connectivity index (χ0v) is 21.3. The first-order chi connectivity index (χ1) is 15.9. The van der Waals surface area contributed by atoms with Gasteiger partial charge in [-0.15, -0.1) is 0 Å². The van der Waals surface area contributed by atoms with Crippen molar-refractivity contribution >= 4 is 29.1 Å². The molecule has 0 aliphatic carbocycles. The van der Waals surface area contributed by atoms with Crippen molar-refractivity contribution < 1.29 is 19.4 Å². The predicted molar refractivity (Wildman–Crippen MR) is 134 cm³/mol. The number of nitrogens with zero attached hydrogens (tertiary/aromatic N) is 2. The predicted octanol–water partition coefficient (Wildman–Crippen LogP) is 5.59. The normalized spacial score (nSPS) is 18.7. The molecule has 0 bridgehead atoms. The molecule has 7 heteroatoms. The first-order valence-corrected chi connectivity index (χ1v) is 11.8. The van der Waals surface area contributed by atoms with Crippen molar-refractivity contribution in [2.75, 3.05) is 20.3 Å². The van der Waals surface area contributed by atoms with Crippen LogP contribution in [0.2, 0.25) is 5.02 Å². The smallest absolute Gasteiger partial charge is 0.337 e. The SMILES string of the molecule is COCCN1C=C(c2cncc(C(=O)O)c2)[C@](C)(c2ccc(CCC(C)(C)C)c(Cl)c2)CC1=O. The van der Waals surface area contributed by atoms with E-state index in [0.29, 0.717) is 23.7 Å². The second kappa shape index (κ2) is 10.3. The molecular weight excluding hydrogens is 452 g/mol. The van der Waals surface area contributed by atoms with E-state index in [2.05, 4.69) is 25.8 Å². The van der Waals surface area contributed by atoms with E-state index < -0.39 is 11.4 Å². The number of benzene rings is 1. The van der Waals surface area contributed by atoms with Gasteiger partial charge in [0.05, 0.1) is 12.2 Å². The van der Waals surface area contributed by atoms with Gasteiger partial charge in [-0.2, -0.15) is 0 Å². The van der Waals surface area contributed by atoms with Crippen LogP contribution in [0.5, 0.6) is 0 Å². The molecule has 1 aromatic carbocycles. The van der Waals surface area contributed by atoms with Crippen LogP contribution < -0.4 is 0 Å². The Hall–Kier alpha value is -2.70. The highest BCUT2D eigenvalue weighted by Crippen LogP contribution is 2.45. The van der Waals surface area contributed by atoms with E-state index in [1.165, 1.54) is 6.20 Å². The van der Waals surface area contributed by atoms with Gasteiger partial charge in [0.25, 0.3) is 0 Å². The van der Waals surface area contributed by atoms with E-state index in [-0.39, 0.29) is 23.3 Å². The molecule has 0 unspecified atom stereocenters. The molecule has 3 rings (SSSR count). The van der Waals surface area contributed by atoms with E-state index in [1.54, 1.807) is 30.5 Å². The zero-order chi connectivity index (χ0) is 25.1. The summed E-state index contributed by atoms with van der Waals surface area (Å²) in [7, 11) is 1.59. The number of carboxylic acids is 1. The molecule has 1 atom stereocenters. The standard InChI is InChI=1S/C27H33ClN2O4/c1-26(2,3)9-8-18-6-7-21(13-23(18)28)27(4)14-24(31)30(10-11-34-5)17-22(27)19-12-20(25(32)33)16-29-15-19/h6-7,12-13,15-17H,8-11,14H2,1-5H3,(H,32,33)/t27-/m0/s1. The van der Waals surface area contributed by atoms with Crippen LogP contribution in [0.15, 0.2) is 42.9 Å². The number of allylic oxidation sites excluding steroid dienone is 1. The summed E-state index contributed by atoms with van der Waals surface area (Å²) in [6.07, 6.45) is 6.86. The second-order valence-corrected chi connectivity index (χ2v) is 10.7. The lowest BCUT2D eigenvalue weighted by molar-refractivity contribution is -0.130. The van der Waals surface area contributed by atoms with Crippen molar-refractivity contribution in [2.24, 2.45) is 5.41 Å². The Kier molecular flexibility index (Phi) is 7.84. The summed E-state index contributed by atoms with van der Waals surface area (Å²) in [4.78, 5) is 30.5. The number of hydrogen-bond donors (Lipinski definition) is 1. The molecular formula is C27H33ClN2O4. The fraction of sp³-hybridized carbons (Fsp3) is 0.444. The summed E-state index contributed by atoms with van der Waals surface area (Å²) in [6.45, 7) is 9.42. The molecule has 182 valence electrons. The highest BCUT2D eigenvalue weighted by molar-refractivity contribution is 6.31. The lowest BCUT2D eigenvalue weighted by Crippen LogP contribution is -2.41. The van der Waals surface area contributed by atoms with E-state index in [4.69, 9.17) is 16.3 Å². The van der Waals surface area contributed by atoms with Gasteiger partial charge in [0.15, 0.2) is 0 Å². The van der Waals surface area contributed by atoms with Gasteiger partial charge >= 0.3 is 5.97 Å². The number of hydrogen-bond acceptors (Lipinski definition) is 4. The number of ether oxygens (including phenoxy) is 1. The lowest BCUT2D eigenvalue weighted by atomic mass is 9.69. The van der Waals surface area contributed by atoms with Crippen LogP contribution in [0.3, 0.4) is 0 Å². The molecule has 1 aromatic heterocycles. The number of pyridine rings is 1. The summed E-state index contributed by atoms with van der Waals surface area (Å²) in [5.74, 6) is -1.08. The number of methoxy groups -OCH3 is 1. The lowest BCUT2D eigenvalue weighted by Gasteiger charge is -2.39. The number of halogens is 1. The first kappa shape index (κ1) is 25.9. The minimum atomic E-state index is -1.05. The number of carbonyl (C=O) groups is 2. The fourth-order valence-corrected chi connectivity index (χ4v) is 4.48. The zero-order valence-electron chi connectivity index (χ0n) is 20.5. The van der Waals surface area contributed by atoms with Gasteiger partial charge in [-0.3, -0.25) is 9.78 Å². The van der Waals surface area contributed by atoms with Gasteiger partial charge < -0.3 is 14.7 Å². The second-order valence-electron chi connectivity index (χ2n) is 10.3. The highest BCUT2D eigenvalue weighted by Gasteiger charge is 2.40. The van der Waals surface area contributed by atoms with Crippen LogP contribution in [-0.4, -0.2) is 47.1 Å². The van der Waals surface area contributed by atoms with Crippen molar-refractivity contribution in [3.63, 3.8) is 0 Å². The van der Waals surface area contributed by atoms with E-state index in [1.807, 2.05) is 25.1 Å². The Labute approximate surface area is 206 Å². The molecule has 0 saturated heterocycles. The molecule has 0 spiro atoms. The van der Waals surface area contributed by atoms with Crippen LogP contribution in [0.25, 0.3) is 5.57 Å². The molecule has 0 radical (unpaired) electrons. The Bertz CT molecular complexity index is 1110. The molecule has 1 amide bonds. The van der Waals surface area contributed by atoms with Crippen LogP contribution in [0.1, 0.15) is 67.6 Å². The van der Waals surface area contributed by atoms with Gasteiger partial charge in [-0.05, 0) is 52.7 Å². The molecule has 1 aliphatic rings. The first-order valence-electron chi connectivity index (χ1n) is 11.4. The molecule has 34 heavy (non-hydrogen) atoms. The van der Waals surface area contributed by atoms with E-state index in [0.717, 1.165) is 29.5 Å². The number of carbonyl (C=O) groups excluding carboxylic acids is 1. The average molecular weight is 485 g/mol. The van der Waals surface area contributed by atoms with Crippen molar-refractivity contribution in [1.29, 1.82) is 0 Å². The molecule has 1 aliphatic heterocycles. The van der Waals surface area contributed by atoms with Gasteiger partial charge in [-0.25, -0.2) is 4.79 Å². The minimum absolute atomic E-state index is 0.0291. The number of rotatable bonds is 8. The Morgan fingerprint density at radius 1 is 1.26 bits per heavy atom. The van der Waals surface area contributed by atoms with Crippen LogP contribution in [0, 0.1) is 5.41 Å². The number of amides is 1. The maximum Gasteiger partial charge on any atom is 0.337 e. The Balaban J connectivity index is 2.07. The van der Waals surface area contributed by atoms with Gasteiger partial charge in [0.2, 0.25) is 5.91 Å². The maximum atomic E-state index is 13.1. The third-order valence-corrected chi connectivity index (χ3v) is 6.72. The average Bonchev–Trinajstić information content (AvgIpc) is 2.77. The van der Waals surface area contributed by atoms with Gasteiger partial charge in [0, 0.05) is 49.1 Å². The number of aryl methyl sites for hydroxylation is 1. The van der Waals surface area contributed by atoms with Gasteiger partial charge in [0.1, 0.15) is 0 Å². The van der Waals surface area contributed by atoms with Crippen LogP contribution in [0.4, 0.5) is 0 Å².